The van der Waals surface area contributed by atoms with Crippen LogP contribution in [-0.2, 0) is 11.3 Å². The fourth-order valence-electron chi connectivity index (χ4n) is 3.87. The first-order valence-corrected chi connectivity index (χ1v) is 11.4. The first-order valence-electron chi connectivity index (χ1n) is 11.4. The number of ether oxygens (including phenoxy) is 1. The van der Waals surface area contributed by atoms with Crippen LogP contribution in [0.2, 0.25) is 0 Å². The molecular formula is C25H28FN5O5. The van der Waals surface area contributed by atoms with Crippen molar-refractivity contribution in [2.45, 2.75) is 38.0 Å². The molecule has 36 heavy (non-hydrogen) atoms. The van der Waals surface area contributed by atoms with Crippen LogP contribution in [0.1, 0.15) is 17.4 Å². The molecule has 0 aliphatic carbocycles. The van der Waals surface area contributed by atoms with Crippen molar-refractivity contribution >= 4 is 16.8 Å². The van der Waals surface area contributed by atoms with Crippen LogP contribution < -0.4 is 0 Å². The zero-order valence-electron chi connectivity index (χ0n) is 19.8. The zero-order valence-corrected chi connectivity index (χ0v) is 19.8. The van der Waals surface area contributed by atoms with Crippen LogP contribution in [0, 0.1) is 5.82 Å². The summed E-state index contributed by atoms with van der Waals surface area (Å²) in [6.45, 7) is 0.782. The van der Waals surface area contributed by atoms with Crippen molar-refractivity contribution < 1.29 is 29.2 Å². The van der Waals surface area contributed by atoms with E-state index in [0.29, 0.717) is 11.3 Å². The van der Waals surface area contributed by atoms with Gasteiger partial charge in [0.1, 0.15) is 29.4 Å². The van der Waals surface area contributed by atoms with Crippen molar-refractivity contribution in [3.8, 4) is 11.3 Å². The molecule has 0 fully saturated rings. The van der Waals surface area contributed by atoms with Gasteiger partial charge in [0.25, 0.3) is 5.91 Å². The van der Waals surface area contributed by atoms with E-state index >= 15 is 0 Å². The number of likely N-dealkylation sites (N-methyl/N-ethyl adjacent to an activating group) is 1. The summed E-state index contributed by atoms with van der Waals surface area (Å²) in [5.74, 6) is -0.877. The highest BCUT2D eigenvalue weighted by Gasteiger charge is 2.33. The van der Waals surface area contributed by atoms with Crippen LogP contribution in [-0.4, -0.2) is 84.3 Å². The standard InChI is InChI=1S/C25H28FN5O5/c1-15(33)23(14-32)36-25(30(2)24(35)20-11-17-6-3-4-9-19(17)27-20)22(34)13-31-12-21(28-29-31)16-7-5-8-18(26)10-16/h3-12,15,22-23,25,27,32-34H,13-14H2,1-2H3/t15-,22+,23?,25?/m1/s1. The number of benzene rings is 2. The Labute approximate surface area is 206 Å². The number of nitrogens with one attached hydrogen (secondary N) is 1. The fraction of sp³-hybridized carbons (Fsp3) is 0.320. The number of hydrogen-bond acceptors (Lipinski definition) is 7. The highest BCUT2D eigenvalue weighted by Crippen LogP contribution is 2.20. The summed E-state index contributed by atoms with van der Waals surface area (Å²) < 4.78 is 20.7. The predicted octanol–water partition coefficient (Wildman–Crippen LogP) is 1.78. The van der Waals surface area contributed by atoms with Gasteiger partial charge in [-0.1, -0.05) is 35.5 Å². The van der Waals surface area contributed by atoms with Crippen molar-refractivity contribution in [2.24, 2.45) is 0 Å². The number of H-pyrrole nitrogens is 1. The molecule has 1 amide bonds. The van der Waals surface area contributed by atoms with Crippen molar-refractivity contribution in [3.05, 3.63) is 72.3 Å². The first kappa shape index (κ1) is 25.5. The number of nitrogens with zero attached hydrogens (tertiary/aromatic N) is 4. The number of carbonyl (C=O) groups is 1. The second kappa shape index (κ2) is 11.0. The van der Waals surface area contributed by atoms with E-state index in [9.17, 15) is 24.5 Å². The molecule has 0 spiro atoms. The van der Waals surface area contributed by atoms with Gasteiger partial charge in [-0.2, -0.15) is 0 Å². The number of carbonyl (C=O) groups excluding carboxylic acids is 1. The Kier molecular flexibility index (Phi) is 7.75. The summed E-state index contributed by atoms with van der Waals surface area (Å²) in [4.78, 5) is 17.5. The Bertz CT molecular complexity index is 1290. The third kappa shape index (κ3) is 5.60. The van der Waals surface area contributed by atoms with Crippen molar-refractivity contribution in [3.63, 3.8) is 0 Å². The number of aromatic nitrogens is 4. The van der Waals surface area contributed by atoms with Crippen LogP contribution in [0.5, 0.6) is 0 Å². The van der Waals surface area contributed by atoms with Crippen molar-refractivity contribution in [2.75, 3.05) is 13.7 Å². The summed E-state index contributed by atoms with van der Waals surface area (Å²) >= 11 is 0. The van der Waals surface area contributed by atoms with E-state index in [1.54, 1.807) is 18.2 Å². The maximum Gasteiger partial charge on any atom is 0.272 e. The SMILES string of the molecule is C[C@@H](O)C(CO)OC([C@@H](O)Cn1cc(-c2cccc(F)c2)nn1)N(C)C(=O)c1cc2ccccc2[nH]1. The number of fused-ring (bicyclic) bond motifs is 1. The lowest BCUT2D eigenvalue weighted by atomic mass is 10.2. The van der Waals surface area contributed by atoms with Gasteiger partial charge in [-0.05, 0) is 31.2 Å². The Morgan fingerprint density at radius 3 is 2.67 bits per heavy atom. The molecule has 2 aromatic carbocycles. The highest BCUT2D eigenvalue weighted by molar-refractivity contribution is 5.98. The maximum atomic E-state index is 13.6. The number of halogens is 1. The average molecular weight is 498 g/mol. The smallest absolute Gasteiger partial charge is 0.272 e. The molecule has 2 unspecified atom stereocenters. The number of amides is 1. The maximum absolute atomic E-state index is 13.6. The van der Waals surface area contributed by atoms with Gasteiger partial charge in [0.2, 0.25) is 0 Å². The topological polar surface area (TPSA) is 137 Å². The predicted molar refractivity (Wildman–Crippen MR) is 129 cm³/mol. The van der Waals surface area contributed by atoms with Crippen LogP contribution >= 0.6 is 0 Å². The summed E-state index contributed by atoms with van der Waals surface area (Å²) in [5, 5.41) is 39.6. The molecule has 0 saturated heterocycles. The van der Waals surface area contributed by atoms with E-state index < -0.39 is 42.9 Å². The minimum Gasteiger partial charge on any atom is -0.394 e. The third-order valence-corrected chi connectivity index (χ3v) is 5.86. The quantitative estimate of drug-likeness (QED) is 0.245. The molecule has 0 saturated carbocycles. The lowest BCUT2D eigenvalue weighted by Crippen LogP contribution is -2.51. The number of para-hydroxylation sites is 1. The molecule has 0 aliphatic heterocycles. The number of aromatic amines is 1. The molecule has 2 aromatic heterocycles. The summed E-state index contributed by atoms with van der Waals surface area (Å²) in [6.07, 6.45) is -3.16. The van der Waals surface area contributed by atoms with E-state index in [4.69, 9.17) is 4.74 Å². The molecule has 10 nitrogen and oxygen atoms in total. The van der Waals surface area contributed by atoms with Gasteiger partial charge in [-0.25, -0.2) is 9.07 Å². The van der Waals surface area contributed by atoms with Gasteiger partial charge >= 0.3 is 0 Å². The summed E-state index contributed by atoms with van der Waals surface area (Å²) in [6, 6.07) is 15.0. The fourth-order valence-corrected chi connectivity index (χ4v) is 3.87. The lowest BCUT2D eigenvalue weighted by Gasteiger charge is -2.34. The number of hydrogen-bond donors (Lipinski definition) is 4. The van der Waals surface area contributed by atoms with E-state index in [2.05, 4.69) is 15.3 Å². The van der Waals surface area contributed by atoms with Gasteiger partial charge < -0.3 is 29.9 Å². The zero-order chi connectivity index (χ0) is 25.8. The molecule has 11 heteroatoms. The van der Waals surface area contributed by atoms with Gasteiger partial charge in [-0.15, -0.1) is 5.10 Å². The second-order valence-electron chi connectivity index (χ2n) is 8.58. The van der Waals surface area contributed by atoms with Crippen molar-refractivity contribution in [1.82, 2.24) is 24.9 Å². The molecular weight excluding hydrogens is 469 g/mol. The van der Waals surface area contributed by atoms with E-state index in [1.807, 2.05) is 24.3 Å². The van der Waals surface area contributed by atoms with Gasteiger partial charge in [0.15, 0.2) is 6.23 Å². The molecule has 4 atom stereocenters. The van der Waals surface area contributed by atoms with E-state index in [-0.39, 0.29) is 12.2 Å². The van der Waals surface area contributed by atoms with Crippen molar-refractivity contribution in [1.29, 1.82) is 0 Å². The van der Waals surface area contributed by atoms with Crippen LogP contribution in [0.25, 0.3) is 22.2 Å². The van der Waals surface area contributed by atoms with E-state index in [0.717, 1.165) is 10.9 Å². The minimum atomic E-state index is -1.32. The molecule has 4 rings (SSSR count). The lowest BCUT2D eigenvalue weighted by molar-refractivity contribution is -0.170. The van der Waals surface area contributed by atoms with Gasteiger partial charge in [-0.3, -0.25) is 4.79 Å². The highest BCUT2D eigenvalue weighted by atomic mass is 19.1. The van der Waals surface area contributed by atoms with Gasteiger partial charge in [0.05, 0.1) is 25.5 Å². The monoisotopic (exact) mass is 497 g/mol. The average Bonchev–Trinajstić information content (AvgIpc) is 3.50. The largest absolute Gasteiger partial charge is 0.394 e. The van der Waals surface area contributed by atoms with Gasteiger partial charge in [0, 0.05) is 23.5 Å². The van der Waals surface area contributed by atoms with E-state index in [1.165, 1.54) is 41.9 Å². The summed E-state index contributed by atoms with van der Waals surface area (Å²) in [7, 11) is 1.46. The normalized spacial score (nSPS) is 14.9. The number of aliphatic hydroxyl groups excluding tert-OH is 3. The Morgan fingerprint density at radius 2 is 1.97 bits per heavy atom. The van der Waals surface area contributed by atoms with Crippen LogP contribution in [0.4, 0.5) is 4.39 Å². The first-order chi connectivity index (χ1) is 17.3. The van der Waals surface area contributed by atoms with Crippen LogP contribution in [0.15, 0.2) is 60.8 Å². The Balaban J connectivity index is 1.57. The molecule has 0 aliphatic rings. The summed E-state index contributed by atoms with van der Waals surface area (Å²) in [5.41, 5.74) is 1.98. The number of aliphatic hydroxyl groups is 3. The molecule has 0 radical (unpaired) electrons. The minimum absolute atomic E-state index is 0.130. The Hall–Kier alpha value is -3.64. The molecule has 0 bridgehead atoms. The molecule has 4 N–H and O–H groups in total. The second-order valence-corrected chi connectivity index (χ2v) is 8.58. The van der Waals surface area contributed by atoms with Crippen LogP contribution in [0.3, 0.4) is 0 Å². The third-order valence-electron chi connectivity index (χ3n) is 5.86. The Morgan fingerprint density at radius 1 is 1.19 bits per heavy atom. The number of rotatable bonds is 10. The molecule has 4 aromatic rings. The molecule has 2 heterocycles. The molecule has 190 valence electrons.